The summed E-state index contributed by atoms with van der Waals surface area (Å²) in [6.07, 6.45) is 5.71. The fourth-order valence-corrected chi connectivity index (χ4v) is 1.44. The lowest BCUT2D eigenvalue weighted by molar-refractivity contribution is -0.136. The fraction of sp³-hybridized carbons (Fsp3) is 0.308. The minimum absolute atomic E-state index is 0.199. The van der Waals surface area contributed by atoms with Gasteiger partial charge in [-0.2, -0.15) is 0 Å². The molecular weight excluding hydrogens is 188 g/mol. The van der Waals surface area contributed by atoms with Gasteiger partial charge in [-0.3, -0.25) is 4.79 Å². The Labute approximate surface area is 90.3 Å². The van der Waals surface area contributed by atoms with Crippen LogP contribution in [0.4, 0.5) is 0 Å². The van der Waals surface area contributed by atoms with Gasteiger partial charge in [0.1, 0.15) is 0 Å². The van der Waals surface area contributed by atoms with Crippen LogP contribution < -0.4 is 0 Å². The van der Waals surface area contributed by atoms with Crippen LogP contribution in [0.5, 0.6) is 0 Å². The molecule has 0 radical (unpaired) electrons. The first-order chi connectivity index (χ1) is 7.24. The van der Waals surface area contributed by atoms with Gasteiger partial charge in [0.2, 0.25) is 0 Å². The third-order valence-electron chi connectivity index (χ3n) is 2.26. The molecule has 1 rings (SSSR count). The van der Waals surface area contributed by atoms with Crippen molar-refractivity contribution in [2.45, 2.75) is 26.2 Å². The minimum atomic E-state index is -0.747. The van der Waals surface area contributed by atoms with E-state index in [0.29, 0.717) is 6.42 Å². The molecule has 2 heteroatoms. The highest BCUT2D eigenvalue weighted by Gasteiger charge is 1.95. The molecule has 0 aliphatic rings. The molecule has 0 heterocycles. The van der Waals surface area contributed by atoms with Crippen LogP contribution in [-0.2, 0) is 11.2 Å². The maximum Gasteiger partial charge on any atom is 0.303 e. The second kappa shape index (κ2) is 6.02. The van der Waals surface area contributed by atoms with Crippen LogP contribution in [0.25, 0.3) is 6.08 Å². The second-order valence-corrected chi connectivity index (χ2v) is 3.39. The van der Waals surface area contributed by atoms with E-state index in [9.17, 15) is 4.79 Å². The van der Waals surface area contributed by atoms with E-state index in [-0.39, 0.29) is 6.42 Å². The lowest BCUT2D eigenvalue weighted by Crippen LogP contribution is -1.91. The summed E-state index contributed by atoms with van der Waals surface area (Å²) in [4.78, 5) is 10.3. The zero-order valence-corrected chi connectivity index (χ0v) is 8.94. The largest absolute Gasteiger partial charge is 0.481 e. The molecular formula is C13H16O2. The van der Waals surface area contributed by atoms with Crippen molar-refractivity contribution in [1.29, 1.82) is 0 Å². The number of carboxylic acids is 1. The number of aryl methyl sites for hydroxylation is 1. The van der Waals surface area contributed by atoms with Gasteiger partial charge in [-0.1, -0.05) is 43.3 Å². The average Bonchev–Trinajstić information content (AvgIpc) is 2.24. The summed E-state index contributed by atoms with van der Waals surface area (Å²) < 4.78 is 0. The normalized spacial score (nSPS) is 10.7. The van der Waals surface area contributed by atoms with E-state index < -0.39 is 5.97 Å². The van der Waals surface area contributed by atoms with Gasteiger partial charge in [0, 0.05) is 6.42 Å². The molecule has 0 aromatic heterocycles. The molecule has 0 atom stereocenters. The first kappa shape index (κ1) is 11.5. The SMILES string of the molecule is CCc1ccccc1C=CCCC(=O)O. The van der Waals surface area contributed by atoms with Crippen molar-refractivity contribution in [2.24, 2.45) is 0 Å². The molecule has 2 nitrogen and oxygen atoms in total. The molecule has 0 saturated carbocycles. The van der Waals surface area contributed by atoms with Crippen molar-refractivity contribution in [3.8, 4) is 0 Å². The first-order valence-electron chi connectivity index (χ1n) is 5.20. The number of carboxylic acid groups (broad SMARTS) is 1. The zero-order valence-electron chi connectivity index (χ0n) is 8.94. The molecule has 15 heavy (non-hydrogen) atoms. The minimum Gasteiger partial charge on any atom is -0.481 e. The Morgan fingerprint density at radius 2 is 2.13 bits per heavy atom. The Morgan fingerprint density at radius 1 is 1.40 bits per heavy atom. The van der Waals surface area contributed by atoms with E-state index in [1.54, 1.807) is 0 Å². The maximum atomic E-state index is 10.3. The molecule has 1 aromatic carbocycles. The summed E-state index contributed by atoms with van der Waals surface area (Å²) in [5.74, 6) is -0.747. The van der Waals surface area contributed by atoms with Crippen molar-refractivity contribution in [3.63, 3.8) is 0 Å². The highest BCUT2D eigenvalue weighted by molar-refractivity contribution is 5.67. The van der Waals surface area contributed by atoms with Crippen LogP contribution in [0.3, 0.4) is 0 Å². The van der Waals surface area contributed by atoms with Gasteiger partial charge < -0.3 is 5.11 Å². The van der Waals surface area contributed by atoms with Gasteiger partial charge in [-0.05, 0) is 24.0 Å². The van der Waals surface area contributed by atoms with Crippen LogP contribution in [0.1, 0.15) is 30.9 Å². The fourth-order valence-electron chi connectivity index (χ4n) is 1.44. The Balaban J connectivity index is 2.59. The number of hydrogen-bond donors (Lipinski definition) is 1. The molecule has 80 valence electrons. The number of hydrogen-bond acceptors (Lipinski definition) is 1. The molecule has 0 saturated heterocycles. The van der Waals surface area contributed by atoms with E-state index in [2.05, 4.69) is 19.1 Å². The van der Waals surface area contributed by atoms with Gasteiger partial charge >= 0.3 is 5.97 Å². The van der Waals surface area contributed by atoms with Crippen LogP contribution in [0.2, 0.25) is 0 Å². The van der Waals surface area contributed by atoms with E-state index in [4.69, 9.17) is 5.11 Å². The van der Waals surface area contributed by atoms with Gasteiger partial charge in [-0.15, -0.1) is 0 Å². The summed E-state index contributed by atoms with van der Waals surface area (Å²) >= 11 is 0. The molecule has 0 spiro atoms. The lowest BCUT2D eigenvalue weighted by Gasteiger charge is -2.01. The van der Waals surface area contributed by atoms with Gasteiger partial charge in [0.25, 0.3) is 0 Å². The molecule has 1 N–H and O–H groups in total. The molecule has 0 amide bonds. The molecule has 0 fully saturated rings. The van der Waals surface area contributed by atoms with Gasteiger partial charge in [-0.25, -0.2) is 0 Å². The van der Waals surface area contributed by atoms with E-state index >= 15 is 0 Å². The number of carbonyl (C=O) groups is 1. The Bertz CT molecular complexity index is 353. The Hall–Kier alpha value is -1.57. The van der Waals surface area contributed by atoms with Crippen molar-refractivity contribution >= 4 is 12.0 Å². The highest BCUT2D eigenvalue weighted by atomic mass is 16.4. The number of rotatable bonds is 5. The summed E-state index contributed by atoms with van der Waals surface area (Å²) in [7, 11) is 0. The predicted octanol–water partition coefficient (Wildman–Crippen LogP) is 3.13. The smallest absolute Gasteiger partial charge is 0.303 e. The number of benzene rings is 1. The molecule has 0 bridgehead atoms. The molecule has 0 unspecified atom stereocenters. The standard InChI is InChI=1S/C13H16O2/c1-2-11-7-3-4-8-12(11)9-5-6-10-13(14)15/h3-5,7-9H,2,6,10H2,1H3,(H,14,15). The number of aliphatic carboxylic acids is 1. The van der Waals surface area contributed by atoms with E-state index in [1.807, 2.05) is 24.3 Å². The maximum absolute atomic E-state index is 10.3. The van der Waals surface area contributed by atoms with Crippen LogP contribution >= 0.6 is 0 Å². The Morgan fingerprint density at radius 3 is 2.80 bits per heavy atom. The molecule has 1 aromatic rings. The average molecular weight is 204 g/mol. The predicted molar refractivity (Wildman–Crippen MR) is 61.7 cm³/mol. The molecule has 0 aliphatic heterocycles. The summed E-state index contributed by atoms with van der Waals surface area (Å²) in [6.45, 7) is 2.12. The summed E-state index contributed by atoms with van der Waals surface area (Å²) in [6, 6.07) is 8.16. The zero-order chi connectivity index (χ0) is 11.1. The van der Waals surface area contributed by atoms with E-state index in [1.165, 1.54) is 11.1 Å². The quantitative estimate of drug-likeness (QED) is 0.800. The lowest BCUT2D eigenvalue weighted by atomic mass is 10.0. The van der Waals surface area contributed by atoms with Gasteiger partial charge in [0.05, 0.1) is 0 Å². The second-order valence-electron chi connectivity index (χ2n) is 3.39. The first-order valence-corrected chi connectivity index (χ1v) is 5.20. The third-order valence-corrected chi connectivity index (χ3v) is 2.26. The summed E-state index contributed by atoms with van der Waals surface area (Å²) in [5, 5.41) is 8.48. The van der Waals surface area contributed by atoms with Crippen molar-refractivity contribution in [3.05, 3.63) is 41.5 Å². The molecule has 0 aliphatic carbocycles. The Kier molecular flexibility index (Phi) is 4.61. The number of allylic oxidation sites excluding steroid dienone is 1. The van der Waals surface area contributed by atoms with Crippen LogP contribution in [0, 0.1) is 0 Å². The van der Waals surface area contributed by atoms with Gasteiger partial charge in [0.15, 0.2) is 0 Å². The topological polar surface area (TPSA) is 37.3 Å². The van der Waals surface area contributed by atoms with Crippen molar-refractivity contribution in [2.75, 3.05) is 0 Å². The highest BCUT2D eigenvalue weighted by Crippen LogP contribution is 2.11. The van der Waals surface area contributed by atoms with Crippen molar-refractivity contribution < 1.29 is 9.90 Å². The van der Waals surface area contributed by atoms with E-state index in [0.717, 1.165) is 6.42 Å². The third kappa shape index (κ3) is 3.98. The van der Waals surface area contributed by atoms with Crippen LogP contribution in [0.15, 0.2) is 30.3 Å². The summed E-state index contributed by atoms with van der Waals surface area (Å²) in [5.41, 5.74) is 2.48. The van der Waals surface area contributed by atoms with Crippen molar-refractivity contribution in [1.82, 2.24) is 0 Å². The van der Waals surface area contributed by atoms with Crippen LogP contribution in [-0.4, -0.2) is 11.1 Å². The monoisotopic (exact) mass is 204 g/mol.